The zero-order chi connectivity index (χ0) is 26.4. The highest BCUT2D eigenvalue weighted by Crippen LogP contribution is 2.41. The van der Waals surface area contributed by atoms with Gasteiger partial charge in [-0.15, -0.1) is 0 Å². The summed E-state index contributed by atoms with van der Waals surface area (Å²) in [7, 11) is 1.94. The summed E-state index contributed by atoms with van der Waals surface area (Å²) in [5.74, 6) is 0.100. The van der Waals surface area contributed by atoms with Crippen molar-refractivity contribution in [3.63, 3.8) is 0 Å². The molecular formula is C28H40N4O5. The smallest absolute Gasteiger partial charge is 0.308 e. The van der Waals surface area contributed by atoms with Gasteiger partial charge >= 0.3 is 5.97 Å². The van der Waals surface area contributed by atoms with E-state index >= 15 is 0 Å². The van der Waals surface area contributed by atoms with E-state index in [1.54, 1.807) is 6.20 Å². The molecule has 1 fully saturated rings. The molecule has 202 valence electrons. The largest absolute Gasteiger partial charge is 0.493 e. The fraction of sp³-hybridized carbons (Fsp3) is 0.607. The Bertz CT molecular complexity index is 1060. The molecule has 2 aliphatic heterocycles. The maximum atomic E-state index is 13.4. The van der Waals surface area contributed by atoms with Crippen molar-refractivity contribution in [1.82, 2.24) is 19.4 Å². The number of amides is 1. The zero-order valence-corrected chi connectivity index (χ0v) is 22.0. The third-order valence-corrected chi connectivity index (χ3v) is 7.82. The fourth-order valence-electron chi connectivity index (χ4n) is 5.79. The maximum Gasteiger partial charge on any atom is 0.308 e. The lowest BCUT2D eigenvalue weighted by molar-refractivity contribution is -0.143. The molecule has 1 amide bonds. The Labute approximate surface area is 219 Å². The van der Waals surface area contributed by atoms with Crippen LogP contribution in [0.1, 0.15) is 55.5 Å². The van der Waals surface area contributed by atoms with Gasteiger partial charge in [-0.1, -0.05) is 25.5 Å². The lowest BCUT2D eigenvalue weighted by atomic mass is 9.83. The first kappa shape index (κ1) is 27.1. The third-order valence-electron chi connectivity index (χ3n) is 7.82. The molecule has 1 saturated heterocycles. The molecule has 2 aliphatic rings. The number of aliphatic carboxylic acids is 1. The van der Waals surface area contributed by atoms with Crippen molar-refractivity contribution in [3.05, 3.63) is 47.5 Å². The minimum Gasteiger partial charge on any atom is -0.493 e. The predicted octanol–water partition coefficient (Wildman–Crippen LogP) is 2.47. The van der Waals surface area contributed by atoms with Gasteiger partial charge in [-0.25, -0.2) is 4.98 Å². The number of carboxylic acids is 1. The van der Waals surface area contributed by atoms with Gasteiger partial charge in [-0.05, 0) is 36.5 Å². The van der Waals surface area contributed by atoms with Crippen molar-refractivity contribution in [1.29, 1.82) is 0 Å². The number of ether oxygens (including phenoxy) is 1. The average molecular weight is 513 g/mol. The van der Waals surface area contributed by atoms with Crippen molar-refractivity contribution in [2.75, 3.05) is 39.4 Å². The molecule has 0 spiro atoms. The number of fused-ring (bicyclic) bond motifs is 1. The Kier molecular flexibility index (Phi) is 9.21. The van der Waals surface area contributed by atoms with Crippen LogP contribution in [0, 0.1) is 5.92 Å². The van der Waals surface area contributed by atoms with Crippen LogP contribution in [0.5, 0.6) is 5.75 Å². The van der Waals surface area contributed by atoms with Gasteiger partial charge in [0.05, 0.1) is 19.1 Å². The van der Waals surface area contributed by atoms with Gasteiger partial charge in [0.2, 0.25) is 5.91 Å². The van der Waals surface area contributed by atoms with E-state index in [-0.39, 0.29) is 31.0 Å². The molecule has 3 atom stereocenters. The molecule has 0 aliphatic carbocycles. The molecule has 1 aromatic carbocycles. The molecule has 3 heterocycles. The van der Waals surface area contributed by atoms with Crippen molar-refractivity contribution in [2.24, 2.45) is 13.0 Å². The first-order valence-electron chi connectivity index (χ1n) is 13.5. The summed E-state index contributed by atoms with van der Waals surface area (Å²) in [6.45, 7) is 4.63. The summed E-state index contributed by atoms with van der Waals surface area (Å²) >= 11 is 0. The van der Waals surface area contributed by atoms with Crippen molar-refractivity contribution >= 4 is 11.9 Å². The highest BCUT2D eigenvalue weighted by molar-refractivity contribution is 5.79. The van der Waals surface area contributed by atoms with E-state index in [4.69, 9.17) is 4.74 Å². The predicted molar refractivity (Wildman–Crippen MR) is 140 cm³/mol. The first-order chi connectivity index (χ1) is 17.9. The molecule has 2 aromatic rings. The minimum atomic E-state index is -0.829. The van der Waals surface area contributed by atoms with Gasteiger partial charge in [-0.2, -0.15) is 0 Å². The van der Waals surface area contributed by atoms with Crippen molar-refractivity contribution in [2.45, 2.75) is 57.4 Å². The molecule has 1 aromatic heterocycles. The van der Waals surface area contributed by atoms with Gasteiger partial charge in [0.1, 0.15) is 11.6 Å². The number of carbonyl (C=O) groups is 2. The summed E-state index contributed by atoms with van der Waals surface area (Å²) < 4.78 is 7.62. The minimum absolute atomic E-state index is 0.00367. The lowest BCUT2D eigenvalue weighted by Crippen LogP contribution is -2.45. The number of imidazole rings is 1. The van der Waals surface area contributed by atoms with Crippen LogP contribution in [0.2, 0.25) is 0 Å². The highest BCUT2D eigenvalue weighted by atomic mass is 16.5. The van der Waals surface area contributed by atoms with Crippen LogP contribution in [0.4, 0.5) is 0 Å². The van der Waals surface area contributed by atoms with Crippen LogP contribution in [0.25, 0.3) is 0 Å². The Morgan fingerprint density at radius 1 is 1.24 bits per heavy atom. The maximum absolute atomic E-state index is 13.4. The number of carboxylic acid groups (broad SMARTS) is 1. The van der Waals surface area contributed by atoms with Crippen LogP contribution in [0.3, 0.4) is 0 Å². The van der Waals surface area contributed by atoms with Crippen LogP contribution < -0.4 is 4.74 Å². The van der Waals surface area contributed by atoms with Gasteiger partial charge in [0.15, 0.2) is 0 Å². The van der Waals surface area contributed by atoms with E-state index in [1.807, 2.05) is 34.8 Å². The quantitative estimate of drug-likeness (QED) is 0.424. The molecule has 2 N–H and O–H groups in total. The van der Waals surface area contributed by atoms with Crippen LogP contribution in [0.15, 0.2) is 30.6 Å². The molecule has 0 radical (unpaired) electrons. The molecule has 4 rings (SSSR count). The average Bonchev–Trinajstić information content (AvgIpc) is 3.60. The Morgan fingerprint density at radius 2 is 2.05 bits per heavy atom. The number of nitrogens with zero attached hydrogens (tertiary/aromatic N) is 4. The SMILES string of the molecule is CCCCN(CCCO)C(=O)CN1C[C@H](c2ccc3c(c2)CCO3)[C@@H](C(=O)O)[C@@H]1CCc1nccn1C. The summed E-state index contributed by atoms with van der Waals surface area (Å²) in [5.41, 5.74) is 2.12. The second-order valence-electron chi connectivity index (χ2n) is 10.2. The molecule has 9 nitrogen and oxygen atoms in total. The van der Waals surface area contributed by atoms with Gasteiger partial charge < -0.3 is 24.4 Å². The molecule has 9 heteroatoms. The summed E-state index contributed by atoms with van der Waals surface area (Å²) in [4.78, 5) is 34.5. The lowest BCUT2D eigenvalue weighted by Gasteiger charge is -2.29. The molecular weight excluding hydrogens is 472 g/mol. The van der Waals surface area contributed by atoms with E-state index in [1.165, 1.54) is 0 Å². The van der Waals surface area contributed by atoms with Gasteiger partial charge in [0, 0.05) is 70.5 Å². The molecule has 37 heavy (non-hydrogen) atoms. The fourth-order valence-corrected chi connectivity index (χ4v) is 5.79. The monoisotopic (exact) mass is 512 g/mol. The van der Waals surface area contributed by atoms with Crippen LogP contribution in [-0.2, 0) is 29.5 Å². The van der Waals surface area contributed by atoms with Gasteiger partial charge in [-0.3, -0.25) is 14.5 Å². The second-order valence-corrected chi connectivity index (χ2v) is 10.2. The summed E-state index contributed by atoms with van der Waals surface area (Å²) in [6, 6.07) is 5.74. The normalized spacial score (nSPS) is 21.1. The number of aryl methyl sites for hydroxylation is 2. The number of benzene rings is 1. The topological polar surface area (TPSA) is 108 Å². The van der Waals surface area contributed by atoms with E-state index < -0.39 is 11.9 Å². The Morgan fingerprint density at radius 3 is 2.76 bits per heavy atom. The molecule has 0 unspecified atom stereocenters. The van der Waals surface area contributed by atoms with Crippen LogP contribution in [-0.4, -0.2) is 86.9 Å². The number of hydrogen-bond acceptors (Lipinski definition) is 6. The second kappa shape index (κ2) is 12.6. The van der Waals surface area contributed by atoms with Crippen molar-refractivity contribution < 1.29 is 24.5 Å². The van der Waals surface area contributed by atoms with Gasteiger partial charge in [0.25, 0.3) is 0 Å². The van der Waals surface area contributed by atoms with Crippen molar-refractivity contribution in [3.8, 4) is 5.75 Å². The van der Waals surface area contributed by atoms with E-state index in [0.717, 1.165) is 42.0 Å². The van der Waals surface area contributed by atoms with Crippen LogP contribution >= 0.6 is 0 Å². The highest BCUT2D eigenvalue weighted by Gasteiger charge is 2.47. The number of hydrogen-bond donors (Lipinski definition) is 2. The number of aliphatic hydroxyl groups excluding tert-OH is 1. The van der Waals surface area contributed by atoms with E-state index in [2.05, 4.69) is 22.9 Å². The number of carbonyl (C=O) groups excluding carboxylic acids is 1. The number of aliphatic hydroxyl groups is 1. The molecule has 0 saturated carbocycles. The van der Waals surface area contributed by atoms with E-state index in [0.29, 0.717) is 45.5 Å². The number of aromatic nitrogens is 2. The summed E-state index contributed by atoms with van der Waals surface area (Å²) in [5, 5.41) is 19.7. The summed E-state index contributed by atoms with van der Waals surface area (Å²) in [6.07, 6.45) is 8.12. The standard InChI is InChI=1S/C28H40N4O5/c1-3-4-12-31(13-5-15-33)26(34)19-32-18-22(20-6-8-24-21(17-20)10-16-37-24)27(28(35)36)23(32)7-9-25-29-11-14-30(25)2/h6,8,11,14,17,22-23,27,33H,3-5,7,9-10,12-13,15-16,18-19H2,1-2H3,(H,35,36)/t22-,23+,27-/m1/s1. The zero-order valence-electron chi connectivity index (χ0n) is 22.0. The Balaban J connectivity index is 1.59. The Hall–Kier alpha value is -2.91. The number of rotatable bonds is 13. The van der Waals surface area contributed by atoms with E-state index in [9.17, 15) is 19.8 Å². The molecule has 0 bridgehead atoms. The number of likely N-dealkylation sites (tertiary alicyclic amines) is 1. The number of unbranched alkanes of at least 4 members (excludes halogenated alkanes) is 1. The third kappa shape index (κ3) is 6.33. The first-order valence-corrected chi connectivity index (χ1v) is 13.5.